The van der Waals surface area contributed by atoms with Crippen molar-refractivity contribution in [2.45, 2.75) is 46.6 Å². The number of nitrogens with zero attached hydrogens (tertiary/aromatic N) is 6. The second-order valence-electron chi connectivity index (χ2n) is 6.93. The van der Waals surface area contributed by atoms with E-state index < -0.39 is 0 Å². The number of rotatable bonds is 3. The first-order valence-corrected chi connectivity index (χ1v) is 7.71. The van der Waals surface area contributed by atoms with E-state index in [9.17, 15) is 0 Å². The van der Waals surface area contributed by atoms with E-state index in [-0.39, 0.29) is 5.54 Å². The molecule has 0 atom stereocenters. The molecule has 3 rings (SSSR count). The Morgan fingerprint density at radius 3 is 2.43 bits per heavy atom. The van der Waals surface area contributed by atoms with E-state index >= 15 is 0 Å². The number of aromatic nitrogens is 7. The van der Waals surface area contributed by atoms with Gasteiger partial charge in [-0.3, -0.25) is 9.78 Å². The van der Waals surface area contributed by atoms with Crippen LogP contribution < -0.4 is 0 Å². The fraction of sp³-hybridized carbons (Fsp3) is 0.500. The average Bonchev–Trinajstić information content (AvgIpc) is 3.09. The van der Waals surface area contributed by atoms with Gasteiger partial charge in [-0.1, -0.05) is 0 Å². The van der Waals surface area contributed by atoms with E-state index in [0.29, 0.717) is 12.2 Å². The van der Waals surface area contributed by atoms with Gasteiger partial charge in [-0.25, -0.2) is 9.67 Å². The Morgan fingerprint density at radius 2 is 1.91 bits per heavy atom. The van der Waals surface area contributed by atoms with Crippen LogP contribution in [0.5, 0.6) is 0 Å². The van der Waals surface area contributed by atoms with Crippen LogP contribution in [0.3, 0.4) is 0 Å². The molecule has 0 aliphatic rings. The summed E-state index contributed by atoms with van der Waals surface area (Å²) < 4.78 is 3.84. The predicted molar refractivity (Wildman–Crippen MR) is 88.1 cm³/mol. The molecule has 0 radical (unpaired) electrons. The molecule has 7 heteroatoms. The van der Waals surface area contributed by atoms with E-state index in [1.54, 1.807) is 6.20 Å². The lowest BCUT2D eigenvalue weighted by Gasteiger charge is -2.21. The first kappa shape index (κ1) is 15.5. The zero-order valence-electron chi connectivity index (χ0n) is 14.5. The topological polar surface area (TPSA) is 77.2 Å². The monoisotopic (exact) mass is 313 g/mol. The van der Waals surface area contributed by atoms with Crippen molar-refractivity contribution in [1.29, 1.82) is 0 Å². The van der Waals surface area contributed by atoms with Gasteiger partial charge >= 0.3 is 0 Å². The second-order valence-corrected chi connectivity index (χ2v) is 6.93. The van der Waals surface area contributed by atoms with E-state index in [2.05, 4.69) is 36.1 Å². The molecule has 3 aromatic heterocycles. The average molecular weight is 313 g/mol. The first-order valence-electron chi connectivity index (χ1n) is 7.71. The molecule has 0 saturated heterocycles. The standard InChI is InChI=1S/C16H23N7/c1-10-12(9-22(6)20-10)7-14-18-15(13-8-17-19-11(13)2)21-23(14)16(3,4)5/h8-9H,7H2,1-6H3,(H,17,19). The van der Waals surface area contributed by atoms with Crippen molar-refractivity contribution >= 4 is 0 Å². The summed E-state index contributed by atoms with van der Waals surface area (Å²) in [5, 5.41) is 16.2. The fourth-order valence-electron chi connectivity index (χ4n) is 2.68. The number of nitrogens with one attached hydrogen (secondary N) is 1. The Morgan fingerprint density at radius 1 is 1.17 bits per heavy atom. The molecule has 23 heavy (non-hydrogen) atoms. The second kappa shape index (κ2) is 5.33. The molecule has 0 aromatic carbocycles. The summed E-state index contributed by atoms with van der Waals surface area (Å²) in [6, 6.07) is 0. The molecule has 0 aliphatic carbocycles. The molecule has 0 spiro atoms. The molecule has 7 nitrogen and oxygen atoms in total. The van der Waals surface area contributed by atoms with Crippen LogP contribution in [0.4, 0.5) is 0 Å². The zero-order chi connectivity index (χ0) is 16.8. The van der Waals surface area contributed by atoms with Gasteiger partial charge in [-0.15, -0.1) is 0 Å². The maximum atomic E-state index is 4.78. The number of aryl methyl sites for hydroxylation is 3. The molecule has 3 aromatic rings. The highest BCUT2D eigenvalue weighted by Crippen LogP contribution is 2.24. The number of H-pyrrole nitrogens is 1. The SMILES string of the molecule is Cc1nn(C)cc1Cc1nc(-c2cn[nH]c2C)nn1C(C)(C)C. The van der Waals surface area contributed by atoms with Crippen molar-refractivity contribution in [3.8, 4) is 11.4 Å². The lowest BCUT2D eigenvalue weighted by atomic mass is 10.1. The summed E-state index contributed by atoms with van der Waals surface area (Å²) in [4.78, 5) is 4.78. The van der Waals surface area contributed by atoms with Crippen molar-refractivity contribution in [3.63, 3.8) is 0 Å². The fourth-order valence-corrected chi connectivity index (χ4v) is 2.68. The van der Waals surface area contributed by atoms with Gasteiger partial charge in [0.2, 0.25) is 0 Å². The lowest BCUT2D eigenvalue weighted by molar-refractivity contribution is 0.344. The third kappa shape index (κ3) is 2.91. The molecule has 3 heterocycles. The van der Waals surface area contributed by atoms with Gasteiger partial charge in [-0.2, -0.15) is 15.3 Å². The zero-order valence-corrected chi connectivity index (χ0v) is 14.5. The normalized spacial score (nSPS) is 12.1. The molecule has 0 unspecified atom stereocenters. The van der Waals surface area contributed by atoms with Crippen molar-refractivity contribution in [1.82, 2.24) is 34.7 Å². The number of hydrogen-bond acceptors (Lipinski definition) is 4. The van der Waals surface area contributed by atoms with Gasteiger partial charge in [0, 0.05) is 30.9 Å². The van der Waals surface area contributed by atoms with Crippen LogP contribution in [0.2, 0.25) is 0 Å². The van der Waals surface area contributed by atoms with Crippen molar-refractivity contribution < 1.29 is 0 Å². The Labute approximate surface area is 135 Å². The van der Waals surface area contributed by atoms with Gasteiger partial charge in [-0.05, 0) is 34.6 Å². The molecule has 0 amide bonds. The minimum Gasteiger partial charge on any atom is -0.282 e. The molecule has 0 saturated carbocycles. The highest BCUT2D eigenvalue weighted by atomic mass is 15.4. The Kier molecular flexibility index (Phi) is 3.58. The van der Waals surface area contributed by atoms with Crippen LogP contribution in [0.1, 0.15) is 43.5 Å². The van der Waals surface area contributed by atoms with Crippen molar-refractivity contribution in [2.24, 2.45) is 7.05 Å². The molecular formula is C16H23N7. The summed E-state index contributed by atoms with van der Waals surface area (Å²) in [7, 11) is 1.94. The summed E-state index contributed by atoms with van der Waals surface area (Å²) in [6.07, 6.45) is 4.53. The highest BCUT2D eigenvalue weighted by Gasteiger charge is 2.23. The number of aromatic amines is 1. The van der Waals surface area contributed by atoms with Crippen LogP contribution in [0.25, 0.3) is 11.4 Å². The van der Waals surface area contributed by atoms with Gasteiger partial charge in [0.15, 0.2) is 5.82 Å². The van der Waals surface area contributed by atoms with E-state index in [1.165, 1.54) is 5.56 Å². The van der Waals surface area contributed by atoms with Gasteiger partial charge < -0.3 is 0 Å². The van der Waals surface area contributed by atoms with Crippen LogP contribution in [-0.2, 0) is 19.0 Å². The Balaban J connectivity index is 2.06. The molecule has 122 valence electrons. The Hall–Kier alpha value is -2.44. The van der Waals surface area contributed by atoms with Gasteiger partial charge in [0.1, 0.15) is 5.82 Å². The van der Waals surface area contributed by atoms with Crippen LogP contribution in [-0.4, -0.2) is 34.7 Å². The Bertz CT molecular complexity index is 829. The van der Waals surface area contributed by atoms with Crippen LogP contribution in [0.15, 0.2) is 12.4 Å². The van der Waals surface area contributed by atoms with Gasteiger partial charge in [0.25, 0.3) is 0 Å². The molecular weight excluding hydrogens is 290 g/mol. The van der Waals surface area contributed by atoms with Crippen LogP contribution in [0, 0.1) is 13.8 Å². The van der Waals surface area contributed by atoms with E-state index in [1.807, 2.05) is 36.5 Å². The predicted octanol–water partition coefficient (Wildman–Crippen LogP) is 2.36. The minimum atomic E-state index is -0.145. The molecule has 0 bridgehead atoms. The van der Waals surface area contributed by atoms with Crippen LogP contribution >= 0.6 is 0 Å². The molecule has 0 fully saturated rings. The van der Waals surface area contributed by atoms with E-state index in [0.717, 1.165) is 22.8 Å². The first-order chi connectivity index (χ1) is 10.8. The van der Waals surface area contributed by atoms with E-state index in [4.69, 9.17) is 10.1 Å². The summed E-state index contributed by atoms with van der Waals surface area (Å²) in [5.41, 5.74) is 3.96. The third-order valence-corrected chi connectivity index (χ3v) is 3.84. The number of hydrogen-bond donors (Lipinski definition) is 1. The van der Waals surface area contributed by atoms with Gasteiger partial charge in [0.05, 0.1) is 23.0 Å². The third-order valence-electron chi connectivity index (χ3n) is 3.84. The maximum Gasteiger partial charge on any atom is 0.184 e. The summed E-state index contributed by atoms with van der Waals surface area (Å²) in [5.74, 6) is 1.65. The quantitative estimate of drug-likeness (QED) is 0.805. The summed E-state index contributed by atoms with van der Waals surface area (Å²) in [6.45, 7) is 10.4. The highest BCUT2D eigenvalue weighted by molar-refractivity contribution is 5.56. The largest absolute Gasteiger partial charge is 0.282 e. The molecule has 1 N–H and O–H groups in total. The lowest BCUT2D eigenvalue weighted by Crippen LogP contribution is -2.25. The summed E-state index contributed by atoms with van der Waals surface area (Å²) >= 11 is 0. The minimum absolute atomic E-state index is 0.145. The van der Waals surface area contributed by atoms with Crippen molar-refractivity contribution in [3.05, 3.63) is 35.2 Å². The molecule has 0 aliphatic heterocycles. The maximum absolute atomic E-state index is 4.78. The van der Waals surface area contributed by atoms with Crippen molar-refractivity contribution in [2.75, 3.05) is 0 Å². The smallest absolute Gasteiger partial charge is 0.184 e.